The summed E-state index contributed by atoms with van der Waals surface area (Å²) in [5.41, 5.74) is 3.41. The highest BCUT2D eigenvalue weighted by Gasteiger charge is 2.25. The minimum Gasteiger partial charge on any atom is -0.378 e. The first-order valence-corrected chi connectivity index (χ1v) is 7.27. The number of anilines is 1. The number of hydrogen-bond donors (Lipinski definition) is 0. The number of nitrogens with zero attached hydrogens (tertiary/aromatic N) is 3. The fourth-order valence-corrected chi connectivity index (χ4v) is 3.01. The van der Waals surface area contributed by atoms with Gasteiger partial charge in [0.1, 0.15) is 0 Å². The summed E-state index contributed by atoms with van der Waals surface area (Å²) in [6.45, 7) is 7.14. The second-order valence-corrected chi connectivity index (χ2v) is 5.58. The Morgan fingerprint density at radius 2 is 2.10 bits per heavy atom. The van der Waals surface area contributed by atoms with Crippen LogP contribution in [0.15, 0.2) is 12.1 Å². The van der Waals surface area contributed by atoms with E-state index in [1.807, 2.05) is 11.8 Å². The van der Waals surface area contributed by atoms with Gasteiger partial charge in [0.2, 0.25) is 6.41 Å². The van der Waals surface area contributed by atoms with Crippen LogP contribution in [0, 0.1) is 6.92 Å². The molecule has 1 unspecified atom stereocenters. The normalized spacial score (nSPS) is 23.1. The van der Waals surface area contributed by atoms with Crippen LogP contribution in [0.4, 0.5) is 5.69 Å². The van der Waals surface area contributed by atoms with Crippen LogP contribution in [-0.2, 0) is 9.53 Å². The monoisotopic (exact) mass is 275 g/mol. The quantitative estimate of drug-likeness (QED) is 0.777. The summed E-state index contributed by atoms with van der Waals surface area (Å²) in [5.74, 6) is 0.375. The lowest BCUT2D eigenvalue weighted by molar-refractivity contribution is -0.117. The van der Waals surface area contributed by atoms with Crippen LogP contribution in [0.3, 0.4) is 0 Å². The van der Waals surface area contributed by atoms with Crippen LogP contribution in [0.5, 0.6) is 0 Å². The zero-order chi connectivity index (χ0) is 13.9. The standard InChI is InChI=1S/C15H21N3O2/c1-12-8-14(18-4-6-20-7-5-18)9-15(16-12)13-2-3-17(10-13)11-19/h8-9,11,13H,2-7,10H2,1H3. The largest absolute Gasteiger partial charge is 0.378 e. The molecule has 3 heterocycles. The molecule has 1 atom stereocenters. The predicted molar refractivity (Wildman–Crippen MR) is 77.0 cm³/mol. The number of ether oxygens (including phenoxy) is 1. The van der Waals surface area contributed by atoms with E-state index < -0.39 is 0 Å². The van der Waals surface area contributed by atoms with E-state index in [4.69, 9.17) is 4.74 Å². The Morgan fingerprint density at radius 3 is 2.80 bits per heavy atom. The third kappa shape index (κ3) is 2.77. The zero-order valence-electron chi connectivity index (χ0n) is 11.9. The Bertz CT molecular complexity index is 486. The number of amides is 1. The highest BCUT2D eigenvalue weighted by atomic mass is 16.5. The third-order valence-electron chi connectivity index (χ3n) is 4.12. The number of morpholine rings is 1. The highest BCUT2D eigenvalue weighted by molar-refractivity contribution is 5.51. The highest BCUT2D eigenvalue weighted by Crippen LogP contribution is 2.28. The van der Waals surface area contributed by atoms with E-state index >= 15 is 0 Å². The Balaban J connectivity index is 1.81. The van der Waals surface area contributed by atoms with E-state index in [9.17, 15) is 4.79 Å². The van der Waals surface area contributed by atoms with Crippen molar-refractivity contribution >= 4 is 12.1 Å². The van der Waals surface area contributed by atoms with E-state index in [1.54, 1.807) is 0 Å². The van der Waals surface area contributed by atoms with Gasteiger partial charge in [-0.15, -0.1) is 0 Å². The number of carbonyl (C=O) groups excluding carboxylic acids is 1. The Hall–Kier alpha value is -1.62. The summed E-state index contributed by atoms with van der Waals surface area (Å²) in [4.78, 5) is 19.7. The average molecular weight is 275 g/mol. The summed E-state index contributed by atoms with van der Waals surface area (Å²) in [6.07, 6.45) is 1.95. The van der Waals surface area contributed by atoms with Crippen molar-refractivity contribution in [1.82, 2.24) is 9.88 Å². The first-order valence-electron chi connectivity index (χ1n) is 7.27. The molecule has 0 radical (unpaired) electrons. The lowest BCUT2D eigenvalue weighted by Gasteiger charge is -2.29. The van der Waals surface area contributed by atoms with Gasteiger partial charge in [-0.3, -0.25) is 9.78 Å². The molecule has 1 amide bonds. The van der Waals surface area contributed by atoms with E-state index in [-0.39, 0.29) is 0 Å². The van der Waals surface area contributed by atoms with Crippen molar-refractivity contribution in [3.05, 3.63) is 23.5 Å². The number of rotatable bonds is 3. The number of carbonyl (C=O) groups is 1. The molecule has 20 heavy (non-hydrogen) atoms. The first kappa shape index (κ1) is 13.4. The van der Waals surface area contributed by atoms with E-state index in [0.29, 0.717) is 5.92 Å². The maximum atomic E-state index is 10.8. The maximum absolute atomic E-state index is 10.8. The molecule has 0 aliphatic carbocycles. The van der Waals surface area contributed by atoms with E-state index in [0.717, 1.165) is 63.6 Å². The summed E-state index contributed by atoms with van der Waals surface area (Å²) in [7, 11) is 0. The maximum Gasteiger partial charge on any atom is 0.209 e. The van der Waals surface area contributed by atoms with Gasteiger partial charge in [-0.05, 0) is 25.5 Å². The van der Waals surface area contributed by atoms with Gasteiger partial charge < -0.3 is 14.5 Å². The number of likely N-dealkylation sites (tertiary alicyclic amines) is 1. The molecule has 2 aliphatic heterocycles. The zero-order valence-corrected chi connectivity index (χ0v) is 11.9. The molecule has 0 saturated carbocycles. The minimum absolute atomic E-state index is 0.375. The van der Waals surface area contributed by atoms with Crippen molar-refractivity contribution in [2.75, 3.05) is 44.3 Å². The first-order chi connectivity index (χ1) is 9.76. The van der Waals surface area contributed by atoms with Crippen molar-refractivity contribution in [2.45, 2.75) is 19.3 Å². The van der Waals surface area contributed by atoms with Crippen LogP contribution in [0.2, 0.25) is 0 Å². The smallest absolute Gasteiger partial charge is 0.209 e. The molecule has 0 spiro atoms. The van der Waals surface area contributed by atoms with Crippen molar-refractivity contribution in [2.24, 2.45) is 0 Å². The van der Waals surface area contributed by atoms with Gasteiger partial charge in [0.25, 0.3) is 0 Å². The van der Waals surface area contributed by atoms with Gasteiger partial charge >= 0.3 is 0 Å². The topological polar surface area (TPSA) is 45.7 Å². The molecule has 2 saturated heterocycles. The number of pyridine rings is 1. The predicted octanol–water partition coefficient (Wildman–Crippen LogP) is 1.17. The van der Waals surface area contributed by atoms with Gasteiger partial charge in [-0.1, -0.05) is 0 Å². The molecule has 1 aromatic heterocycles. The molecular weight excluding hydrogens is 254 g/mol. The van der Waals surface area contributed by atoms with Crippen LogP contribution in [0.1, 0.15) is 23.7 Å². The van der Waals surface area contributed by atoms with Crippen LogP contribution in [-0.4, -0.2) is 55.7 Å². The van der Waals surface area contributed by atoms with Crippen molar-refractivity contribution in [1.29, 1.82) is 0 Å². The molecule has 2 aliphatic rings. The van der Waals surface area contributed by atoms with Crippen LogP contribution >= 0.6 is 0 Å². The van der Waals surface area contributed by atoms with Crippen molar-refractivity contribution < 1.29 is 9.53 Å². The molecule has 2 fully saturated rings. The van der Waals surface area contributed by atoms with Gasteiger partial charge in [-0.2, -0.15) is 0 Å². The van der Waals surface area contributed by atoms with Gasteiger partial charge in [0, 0.05) is 49.2 Å². The molecule has 3 rings (SSSR count). The van der Waals surface area contributed by atoms with Gasteiger partial charge in [0.15, 0.2) is 0 Å². The molecule has 5 heteroatoms. The molecule has 0 N–H and O–H groups in total. The molecule has 108 valence electrons. The van der Waals surface area contributed by atoms with Crippen LogP contribution < -0.4 is 4.90 Å². The number of aromatic nitrogens is 1. The van der Waals surface area contributed by atoms with Crippen LogP contribution in [0.25, 0.3) is 0 Å². The molecule has 0 bridgehead atoms. The average Bonchev–Trinajstić information content (AvgIpc) is 2.96. The van der Waals surface area contributed by atoms with Crippen molar-refractivity contribution in [3.8, 4) is 0 Å². The second-order valence-electron chi connectivity index (χ2n) is 5.58. The van der Waals surface area contributed by atoms with E-state index in [2.05, 4.69) is 22.0 Å². The Kier molecular flexibility index (Phi) is 3.87. The molecule has 1 aromatic rings. The summed E-state index contributed by atoms with van der Waals surface area (Å²) in [5, 5.41) is 0. The molecular formula is C15H21N3O2. The van der Waals surface area contributed by atoms with Gasteiger partial charge in [-0.25, -0.2) is 0 Å². The van der Waals surface area contributed by atoms with Crippen molar-refractivity contribution in [3.63, 3.8) is 0 Å². The van der Waals surface area contributed by atoms with E-state index in [1.165, 1.54) is 5.69 Å². The third-order valence-corrected chi connectivity index (χ3v) is 4.12. The summed E-state index contributed by atoms with van der Waals surface area (Å²) >= 11 is 0. The second kappa shape index (κ2) is 5.79. The minimum atomic E-state index is 0.375. The fourth-order valence-electron chi connectivity index (χ4n) is 3.01. The molecule has 0 aromatic carbocycles. The SMILES string of the molecule is Cc1cc(N2CCOCC2)cc(C2CCN(C=O)C2)n1. The Labute approximate surface area is 119 Å². The summed E-state index contributed by atoms with van der Waals surface area (Å²) in [6, 6.07) is 4.33. The number of aryl methyl sites for hydroxylation is 1. The fraction of sp³-hybridized carbons (Fsp3) is 0.600. The molecule has 5 nitrogen and oxygen atoms in total. The number of hydrogen-bond acceptors (Lipinski definition) is 4. The van der Waals surface area contributed by atoms with Gasteiger partial charge in [0.05, 0.1) is 13.2 Å². The lowest BCUT2D eigenvalue weighted by atomic mass is 10.0. The lowest BCUT2D eigenvalue weighted by Crippen LogP contribution is -2.36. The Morgan fingerprint density at radius 1 is 1.30 bits per heavy atom. The summed E-state index contributed by atoms with van der Waals surface area (Å²) < 4.78 is 5.41.